The highest BCUT2D eigenvalue weighted by Gasteiger charge is 2.55. The lowest BCUT2D eigenvalue weighted by Gasteiger charge is -2.56. The summed E-state index contributed by atoms with van der Waals surface area (Å²) >= 11 is 5.65. The van der Waals surface area contributed by atoms with Gasteiger partial charge in [0.05, 0.1) is 22.4 Å². The fraction of sp³-hybridized carbons (Fsp3) is 0.542. The van der Waals surface area contributed by atoms with Gasteiger partial charge in [-0.2, -0.15) is 0 Å². The fourth-order valence-electron chi connectivity index (χ4n) is 4.73. The number of aromatic nitrogens is 1. The Hall–Kier alpha value is -2.65. The molecule has 2 bridgehead atoms. The number of halogens is 2. The lowest BCUT2D eigenvalue weighted by atomic mass is 9.60. The van der Waals surface area contributed by atoms with Crippen molar-refractivity contribution in [2.75, 3.05) is 6.61 Å². The average molecular weight is 494 g/mol. The van der Waals surface area contributed by atoms with Crippen molar-refractivity contribution < 1.29 is 28.3 Å². The van der Waals surface area contributed by atoms with E-state index >= 15 is 0 Å². The summed E-state index contributed by atoms with van der Waals surface area (Å²) in [7, 11) is 0. The van der Waals surface area contributed by atoms with E-state index in [0.29, 0.717) is 37.8 Å². The van der Waals surface area contributed by atoms with E-state index in [1.54, 1.807) is 6.07 Å². The second kappa shape index (κ2) is 8.85. The minimum Gasteiger partial charge on any atom is -0.484 e. The zero-order valence-electron chi connectivity index (χ0n) is 19.4. The first kappa shape index (κ1) is 24.5. The van der Waals surface area contributed by atoms with Crippen LogP contribution in [0.5, 0.6) is 5.75 Å². The Morgan fingerprint density at radius 3 is 2.53 bits per heavy atom. The molecule has 3 N–H and O–H groups in total. The van der Waals surface area contributed by atoms with E-state index in [4.69, 9.17) is 20.9 Å². The van der Waals surface area contributed by atoms with Crippen LogP contribution in [0.2, 0.25) is 5.02 Å². The van der Waals surface area contributed by atoms with Crippen molar-refractivity contribution in [1.82, 2.24) is 15.8 Å². The molecule has 1 atom stereocenters. The highest BCUT2D eigenvalue weighted by molar-refractivity contribution is 6.30. The summed E-state index contributed by atoms with van der Waals surface area (Å²) in [5, 5.41) is 20.8. The zero-order valence-corrected chi connectivity index (χ0v) is 20.2. The second-order valence-corrected chi connectivity index (χ2v) is 10.8. The average Bonchev–Trinajstić information content (AvgIpc) is 3.27. The van der Waals surface area contributed by atoms with Crippen molar-refractivity contribution in [3.05, 3.63) is 46.6 Å². The highest BCUT2D eigenvalue weighted by Crippen LogP contribution is 2.47. The van der Waals surface area contributed by atoms with Gasteiger partial charge in [-0.1, -0.05) is 37.5 Å². The van der Waals surface area contributed by atoms with Crippen LogP contribution in [0.25, 0.3) is 0 Å². The number of amides is 2. The van der Waals surface area contributed by atoms with Gasteiger partial charge in [0.25, 0.3) is 11.8 Å². The third-order valence-corrected chi connectivity index (χ3v) is 7.16. The second-order valence-electron chi connectivity index (χ2n) is 10.3. The third-order valence-electron chi connectivity index (χ3n) is 6.85. The van der Waals surface area contributed by atoms with Gasteiger partial charge in [0.2, 0.25) is 5.76 Å². The molecule has 0 radical (unpaired) electrons. The molecule has 1 heterocycles. The molecule has 1 aromatic heterocycles. The Labute approximate surface area is 202 Å². The number of carbonyl (C=O) groups is 2. The summed E-state index contributed by atoms with van der Waals surface area (Å²) in [4.78, 5) is 25.3. The van der Waals surface area contributed by atoms with Crippen LogP contribution in [-0.2, 0) is 10.2 Å². The number of hydrogen-bond donors (Lipinski definition) is 3. The molecule has 10 heteroatoms. The summed E-state index contributed by atoms with van der Waals surface area (Å²) in [6, 6.07) is 5.58. The first-order valence-electron chi connectivity index (χ1n) is 11.3. The number of hydrogen-bond acceptors (Lipinski definition) is 6. The molecule has 2 amide bonds. The molecule has 5 rings (SSSR count). The van der Waals surface area contributed by atoms with E-state index in [1.165, 1.54) is 12.1 Å². The smallest absolute Gasteiger partial charge is 0.290 e. The minimum absolute atomic E-state index is 0.0308. The lowest BCUT2D eigenvalue weighted by Crippen LogP contribution is -2.70. The topological polar surface area (TPSA) is 114 Å². The number of aliphatic hydroxyl groups is 1. The number of ether oxygens (including phenoxy) is 1. The predicted octanol–water partition coefficient (Wildman–Crippen LogP) is 3.51. The van der Waals surface area contributed by atoms with Crippen LogP contribution in [0.3, 0.4) is 0 Å². The number of fused-ring (bicyclic) bond motifs is 3. The molecule has 3 aliphatic carbocycles. The van der Waals surface area contributed by atoms with Crippen molar-refractivity contribution in [3.8, 4) is 5.75 Å². The SMILES string of the molecule is CC(C)(C)c1cc(C(=O)NC23CCC(NC(=O)COc4ccc(Cl)c(F)c4)(CC2)C(O)C3)on1. The molecule has 3 fully saturated rings. The number of nitrogens with one attached hydrogen (secondary N) is 2. The van der Waals surface area contributed by atoms with Gasteiger partial charge in [0.1, 0.15) is 11.6 Å². The molecule has 3 aliphatic rings. The highest BCUT2D eigenvalue weighted by atomic mass is 35.5. The number of rotatable bonds is 6. The van der Waals surface area contributed by atoms with Gasteiger partial charge in [0, 0.05) is 23.1 Å². The number of nitrogens with zero attached hydrogens (tertiary/aromatic N) is 1. The summed E-state index contributed by atoms with van der Waals surface area (Å²) in [5.74, 6) is -1.08. The van der Waals surface area contributed by atoms with Crippen LogP contribution < -0.4 is 15.4 Å². The van der Waals surface area contributed by atoms with Crippen LogP contribution in [0, 0.1) is 5.82 Å². The summed E-state index contributed by atoms with van der Waals surface area (Å²) in [6.07, 6.45) is 1.66. The summed E-state index contributed by atoms with van der Waals surface area (Å²) in [6.45, 7) is 5.63. The number of aliphatic hydroxyl groups excluding tert-OH is 1. The Kier molecular flexibility index (Phi) is 6.37. The van der Waals surface area contributed by atoms with Crippen molar-refractivity contribution in [1.29, 1.82) is 0 Å². The molecule has 34 heavy (non-hydrogen) atoms. The molecule has 3 saturated carbocycles. The molecular formula is C24H29ClFN3O5. The molecular weight excluding hydrogens is 465 g/mol. The largest absolute Gasteiger partial charge is 0.484 e. The third kappa shape index (κ3) is 4.90. The molecule has 0 spiro atoms. The maximum Gasteiger partial charge on any atom is 0.290 e. The Morgan fingerprint density at radius 1 is 1.24 bits per heavy atom. The van der Waals surface area contributed by atoms with Crippen LogP contribution in [-0.4, -0.2) is 45.9 Å². The van der Waals surface area contributed by atoms with Gasteiger partial charge < -0.3 is 25.0 Å². The van der Waals surface area contributed by atoms with Gasteiger partial charge in [-0.3, -0.25) is 9.59 Å². The van der Waals surface area contributed by atoms with Crippen molar-refractivity contribution in [3.63, 3.8) is 0 Å². The van der Waals surface area contributed by atoms with Gasteiger partial charge in [0.15, 0.2) is 6.61 Å². The molecule has 184 valence electrons. The van der Waals surface area contributed by atoms with Crippen molar-refractivity contribution >= 4 is 23.4 Å². The number of carbonyl (C=O) groups excluding carboxylic acids is 2. The molecule has 8 nitrogen and oxygen atoms in total. The van der Waals surface area contributed by atoms with Crippen LogP contribution in [0.4, 0.5) is 4.39 Å². The van der Waals surface area contributed by atoms with Gasteiger partial charge in [-0.25, -0.2) is 4.39 Å². The van der Waals surface area contributed by atoms with E-state index < -0.39 is 28.9 Å². The first-order valence-corrected chi connectivity index (χ1v) is 11.7. The van der Waals surface area contributed by atoms with Gasteiger partial charge in [-0.05, 0) is 44.2 Å². The number of benzene rings is 1. The molecule has 2 aromatic rings. The zero-order chi connectivity index (χ0) is 24.7. The van der Waals surface area contributed by atoms with Crippen LogP contribution in [0.15, 0.2) is 28.8 Å². The standard InChI is InChI=1S/C24H29ClFN3O5/c1-22(2,3)18-11-17(34-29-18)21(32)28-23-6-8-24(9-7-23,19(30)12-23)27-20(31)13-33-14-4-5-15(25)16(26)10-14/h4-5,10-11,19,30H,6-9,12-13H2,1-3H3,(H,27,31)(H,28,32). The quantitative estimate of drug-likeness (QED) is 0.567. The predicted molar refractivity (Wildman–Crippen MR) is 122 cm³/mol. The van der Waals surface area contributed by atoms with E-state index in [2.05, 4.69) is 15.8 Å². The van der Waals surface area contributed by atoms with Gasteiger partial charge >= 0.3 is 0 Å². The summed E-state index contributed by atoms with van der Waals surface area (Å²) in [5.41, 5.74) is -0.915. The molecule has 0 aliphatic heterocycles. The van der Waals surface area contributed by atoms with E-state index in [0.717, 1.165) is 6.07 Å². The van der Waals surface area contributed by atoms with E-state index in [-0.39, 0.29) is 34.5 Å². The summed E-state index contributed by atoms with van der Waals surface area (Å²) < 4.78 is 24.2. The molecule has 1 aromatic carbocycles. The van der Waals surface area contributed by atoms with Gasteiger partial charge in [-0.15, -0.1) is 0 Å². The normalized spacial score (nSPS) is 26.2. The van der Waals surface area contributed by atoms with Crippen molar-refractivity contribution in [2.24, 2.45) is 0 Å². The fourth-order valence-corrected chi connectivity index (χ4v) is 4.85. The Bertz CT molecular complexity index is 1090. The minimum atomic E-state index is -0.841. The Morgan fingerprint density at radius 2 is 1.94 bits per heavy atom. The van der Waals surface area contributed by atoms with Crippen molar-refractivity contribution in [2.45, 2.75) is 75.5 Å². The molecule has 0 saturated heterocycles. The monoisotopic (exact) mass is 493 g/mol. The molecule has 1 unspecified atom stereocenters. The maximum absolute atomic E-state index is 13.6. The maximum atomic E-state index is 13.6. The first-order chi connectivity index (χ1) is 15.9. The van der Waals surface area contributed by atoms with Crippen LogP contribution in [0.1, 0.15) is 69.1 Å². The van der Waals surface area contributed by atoms with E-state index in [9.17, 15) is 19.1 Å². The van der Waals surface area contributed by atoms with E-state index in [1.807, 2.05) is 20.8 Å². The lowest BCUT2D eigenvalue weighted by molar-refractivity contribution is -0.132. The Balaban J connectivity index is 1.34. The van der Waals surface area contributed by atoms with Crippen LogP contribution >= 0.6 is 11.6 Å².